The van der Waals surface area contributed by atoms with Crippen molar-refractivity contribution < 1.29 is 0 Å². The van der Waals surface area contributed by atoms with E-state index in [4.69, 9.17) is 0 Å². The van der Waals surface area contributed by atoms with Gasteiger partial charge in [0.25, 0.3) is 0 Å². The fraction of sp³-hybridized carbons (Fsp3) is 0.500. The van der Waals surface area contributed by atoms with Gasteiger partial charge in [0, 0.05) is 29.1 Å². The predicted molar refractivity (Wildman–Crippen MR) is 84.2 cm³/mol. The standard InChI is InChI=1S/C12H15N3S3/c1-8-5-18-11-10(8)14-7-15-12(11)13-4-9-6-16-2-3-17-9/h5,7,9H,2-4,6H2,1H3,(H,13,14,15). The maximum absolute atomic E-state index is 4.38. The minimum Gasteiger partial charge on any atom is -0.368 e. The fourth-order valence-corrected chi connectivity index (χ4v) is 5.54. The van der Waals surface area contributed by atoms with E-state index in [1.54, 1.807) is 17.7 Å². The third-order valence-electron chi connectivity index (χ3n) is 2.91. The molecule has 1 unspecified atom stereocenters. The molecule has 0 aliphatic carbocycles. The topological polar surface area (TPSA) is 37.8 Å². The lowest BCUT2D eigenvalue weighted by molar-refractivity contribution is 0.994. The van der Waals surface area contributed by atoms with Crippen LogP contribution in [0, 0.1) is 6.92 Å². The zero-order chi connectivity index (χ0) is 12.4. The van der Waals surface area contributed by atoms with Gasteiger partial charge in [0.2, 0.25) is 0 Å². The van der Waals surface area contributed by atoms with Crippen molar-refractivity contribution in [2.75, 3.05) is 29.1 Å². The summed E-state index contributed by atoms with van der Waals surface area (Å²) in [4.78, 5) is 8.72. The van der Waals surface area contributed by atoms with Crippen molar-refractivity contribution in [1.82, 2.24) is 9.97 Å². The average molecular weight is 297 g/mol. The van der Waals surface area contributed by atoms with Gasteiger partial charge in [-0.1, -0.05) is 0 Å². The van der Waals surface area contributed by atoms with Gasteiger partial charge in [0.15, 0.2) is 0 Å². The van der Waals surface area contributed by atoms with E-state index in [2.05, 4.69) is 51.1 Å². The quantitative estimate of drug-likeness (QED) is 0.941. The number of nitrogens with zero attached hydrogens (tertiary/aromatic N) is 2. The molecule has 3 heterocycles. The Labute approximate surface area is 119 Å². The molecule has 96 valence electrons. The van der Waals surface area contributed by atoms with Crippen molar-refractivity contribution in [3.05, 3.63) is 17.3 Å². The largest absolute Gasteiger partial charge is 0.368 e. The molecule has 2 aromatic rings. The Morgan fingerprint density at radius 1 is 1.39 bits per heavy atom. The van der Waals surface area contributed by atoms with E-state index in [1.165, 1.54) is 27.5 Å². The summed E-state index contributed by atoms with van der Waals surface area (Å²) >= 11 is 5.85. The van der Waals surface area contributed by atoms with Crippen LogP contribution in [0.25, 0.3) is 10.2 Å². The molecule has 1 atom stereocenters. The summed E-state index contributed by atoms with van der Waals surface area (Å²) in [5.74, 6) is 4.81. The van der Waals surface area contributed by atoms with E-state index < -0.39 is 0 Å². The van der Waals surface area contributed by atoms with Crippen LogP contribution in [-0.4, -0.2) is 39.0 Å². The number of anilines is 1. The Kier molecular flexibility index (Phi) is 3.96. The maximum atomic E-state index is 4.38. The minimum absolute atomic E-state index is 0.704. The number of aryl methyl sites for hydroxylation is 1. The first kappa shape index (κ1) is 12.6. The van der Waals surface area contributed by atoms with Crippen LogP contribution >= 0.6 is 34.9 Å². The number of hydrogen-bond donors (Lipinski definition) is 1. The van der Waals surface area contributed by atoms with Crippen LogP contribution in [0.15, 0.2) is 11.7 Å². The molecule has 2 aromatic heterocycles. The summed E-state index contributed by atoms with van der Waals surface area (Å²) in [5, 5.41) is 6.35. The van der Waals surface area contributed by atoms with Crippen molar-refractivity contribution in [3.63, 3.8) is 0 Å². The lowest BCUT2D eigenvalue weighted by Gasteiger charge is -2.21. The van der Waals surface area contributed by atoms with E-state index in [9.17, 15) is 0 Å². The second kappa shape index (κ2) is 5.67. The summed E-state index contributed by atoms with van der Waals surface area (Å²) < 4.78 is 1.18. The van der Waals surface area contributed by atoms with Gasteiger partial charge in [-0.15, -0.1) is 11.3 Å². The fourth-order valence-electron chi connectivity index (χ4n) is 1.96. The molecule has 0 aromatic carbocycles. The third kappa shape index (κ3) is 2.60. The number of aromatic nitrogens is 2. The first-order chi connectivity index (χ1) is 8.84. The molecule has 6 heteroatoms. The lowest BCUT2D eigenvalue weighted by atomic mass is 10.3. The van der Waals surface area contributed by atoms with E-state index >= 15 is 0 Å². The van der Waals surface area contributed by atoms with Gasteiger partial charge in [-0.05, 0) is 17.9 Å². The molecule has 3 nitrogen and oxygen atoms in total. The summed E-state index contributed by atoms with van der Waals surface area (Å²) in [6, 6.07) is 0. The van der Waals surface area contributed by atoms with Gasteiger partial charge in [-0.3, -0.25) is 0 Å². The molecule has 18 heavy (non-hydrogen) atoms. The summed E-state index contributed by atoms with van der Waals surface area (Å²) in [7, 11) is 0. The van der Waals surface area contributed by atoms with E-state index in [0.29, 0.717) is 5.25 Å². The van der Waals surface area contributed by atoms with E-state index in [1.807, 2.05) is 0 Å². The normalized spacial score (nSPS) is 20.2. The predicted octanol–water partition coefficient (Wildman–Crippen LogP) is 3.26. The van der Waals surface area contributed by atoms with Crippen LogP contribution in [-0.2, 0) is 0 Å². The van der Waals surface area contributed by atoms with Gasteiger partial charge in [-0.25, -0.2) is 9.97 Å². The van der Waals surface area contributed by atoms with Crippen LogP contribution in [0.4, 0.5) is 5.82 Å². The monoisotopic (exact) mass is 297 g/mol. The van der Waals surface area contributed by atoms with Crippen molar-refractivity contribution in [1.29, 1.82) is 0 Å². The molecule has 1 aliphatic heterocycles. The number of rotatable bonds is 3. The molecule has 0 saturated carbocycles. The zero-order valence-electron chi connectivity index (χ0n) is 10.2. The van der Waals surface area contributed by atoms with Crippen LogP contribution in [0.2, 0.25) is 0 Å². The first-order valence-electron chi connectivity index (χ1n) is 5.96. The number of fused-ring (bicyclic) bond motifs is 1. The number of nitrogens with one attached hydrogen (secondary N) is 1. The van der Waals surface area contributed by atoms with Crippen LogP contribution in [0.5, 0.6) is 0 Å². The van der Waals surface area contributed by atoms with E-state index in [-0.39, 0.29) is 0 Å². The van der Waals surface area contributed by atoms with Crippen molar-refractivity contribution in [3.8, 4) is 0 Å². The molecule has 0 radical (unpaired) electrons. The van der Waals surface area contributed by atoms with Gasteiger partial charge < -0.3 is 5.32 Å². The lowest BCUT2D eigenvalue weighted by Crippen LogP contribution is -2.23. The second-order valence-corrected chi connectivity index (χ2v) is 7.71. The molecule has 1 N–H and O–H groups in total. The average Bonchev–Trinajstić information content (AvgIpc) is 2.80. The molecule has 0 bridgehead atoms. The highest BCUT2D eigenvalue weighted by molar-refractivity contribution is 8.06. The number of thioether (sulfide) groups is 2. The van der Waals surface area contributed by atoms with Gasteiger partial charge in [-0.2, -0.15) is 23.5 Å². The first-order valence-corrected chi connectivity index (χ1v) is 9.05. The van der Waals surface area contributed by atoms with E-state index in [0.717, 1.165) is 17.9 Å². The van der Waals surface area contributed by atoms with Crippen LogP contribution in [0.1, 0.15) is 5.56 Å². The second-order valence-electron chi connectivity index (χ2n) is 4.27. The highest BCUT2D eigenvalue weighted by atomic mass is 32.2. The maximum Gasteiger partial charge on any atom is 0.147 e. The molecule has 1 fully saturated rings. The zero-order valence-corrected chi connectivity index (χ0v) is 12.6. The van der Waals surface area contributed by atoms with Crippen molar-refractivity contribution >= 4 is 50.9 Å². The van der Waals surface area contributed by atoms with Crippen molar-refractivity contribution in [2.24, 2.45) is 0 Å². The summed E-state index contributed by atoms with van der Waals surface area (Å²) in [6.07, 6.45) is 1.66. The molecular weight excluding hydrogens is 282 g/mol. The SMILES string of the molecule is Cc1csc2c(NCC3CSCCS3)ncnc12. The van der Waals surface area contributed by atoms with Gasteiger partial charge in [0.1, 0.15) is 12.1 Å². The Morgan fingerprint density at radius 2 is 2.33 bits per heavy atom. The molecule has 0 spiro atoms. The van der Waals surface area contributed by atoms with Crippen molar-refractivity contribution in [2.45, 2.75) is 12.2 Å². The Bertz CT molecular complexity index is 534. The van der Waals surface area contributed by atoms with Gasteiger partial charge >= 0.3 is 0 Å². The number of hydrogen-bond acceptors (Lipinski definition) is 6. The molecule has 3 rings (SSSR count). The van der Waals surface area contributed by atoms with Gasteiger partial charge in [0.05, 0.1) is 10.2 Å². The van der Waals surface area contributed by atoms with Crippen LogP contribution in [0.3, 0.4) is 0 Å². The minimum atomic E-state index is 0.704. The Hall–Kier alpha value is -0.460. The number of thiophene rings is 1. The molecule has 1 saturated heterocycles. The summed E-state index contributed by atoms with van der Waals surface area (Å²) in [6.45, 7) is 3.10. The highest BCUT2D eigenvalue weighted by Gasteiger charge is 2.15. The molecular formula is C12H15N3S3. The molecule has 0 amide bonds. The molecule has 1 aliphatic rings. The Balaban J connectivity index is 1.74. The smallest absolute Gasteiger partial charge is 0.147 e. The Morgan fingerprint density at radius 3 is 3.17 bits per heavy atom. The third-order valence-corrected chi connectivity index (χ3v) is 6.85. The summed E-state index contributed by atoms with van der Waals surface area (Å²) in [5.41, 5.74) is 2.33. The van der Waals surface area contributed by atoms with Crippen LogP contribution < -0.4 is 5.32 Å². The highest BCUT2D eigenvalue weighted by Crippen LogP contribution is 2.29.